The van der Waals surface area contributed by atoms with Crippen molar-refractivity contribution in [2.75, 3.05) is 19.8 Å². The number of hydrogen-bond donors (Lipinski definition) is 2. The van der Waals surface area contributed by atoms with Crippen molar-refractivity contribution in [3.8, 4) is 11.8 Å². The lowest BCUT2D eigenvalue weighted by Gasteiger charge is -2.09. The summed E-state index contributed by atoms with van der Waals surface area (Å²) in [6.45, 7) is 2.13. The molecule has 4 heteroatoms. The minimum Gasteiger partial charge on any atom is -0.381 e. The van der Waals surface area contributed by atoms with Gasteiger partial charge in [0, 0.05) is 18.7 Å². The summed E-state index contributed by atoms with van der Waals surface area (Å²) >= 11 is 0. The number of carbonyl (C=O) groups is 1. The maximum atomic E-state index is 11.8. The van der Waals surface area contributed by atoms with Crippen LogP contribution in [-0.4, -0.2) is 25.7 Å². The Bertz CT molecular complexity index is 479. The Morgan fingerprint density at radius 3 is 2.84 bits per heavy atom. The summed E-state index contributed by atoms with van der Waals surface area (Å²) in [5.74, 6) is 5.85. The summed E-state index contributed by atoms with van der Waals surface area (Å²) < 4.78 is 5.20. The smallest absolute Gasteiger partial charge is 0.225 e. The first-order chi connectivity index (χ1) is 9.29. The van der Waals surface area contributed by atoms with Gasteiger partial charge in [0.15, 0.2) is 0 Å². The van der Waals surface area contributed by atoms with Crippen LogP contribution in [-0.2, 0) is 16.1 Å². The zero-order valence-corrected chi connectivity index (χ0v) is 10.8. The Balaban J connectivity index is 1.84. The summed E-state index contributed by atoms with van der Waals surface area (Å²) in [7, 11) is 0. The molecule has 1 atom stereocenters. The number of amides is 1. The van der Waals surface area contributed by atoms with E-state index in [4.69, 9.17) is 10.5 Å². The zero-order chi connectivity index (χ0) is 13.5. The van der Waals surface area contributed by atoms with E-state index in [0.717, 1.165) is 17.5 Å². The standard InChI is InChI=1S/C15H18N2O2/c16-8-1-2-12-3-5-13(6-4-12)10-17-15(18)14-7-9-19-11-14/h3-6,14H,7-11,16H2,(H,17,18). The molecule has 0 spiro atoms. The molecular weight excluding hydrogens is 240 g/mol. The van der Waals surface area contributed by atoms with Crippen LogP contribution in [0.2, 0.25) is 0 Å². The molecule has 2 rings (SSSR count). The maximum Gasteiger partial charge on any atom is 0.225 e. The normalized spacial score (nSPS) is 17.6. The molecule has 1 aliphatic heterocycles. The Morgan fingerprint density at radius 2 is 2.21 bits per heavy atom. The second-order valence-electron chi connectivity index (χ2n) is 4.48. The Kier molecular flexibility index (Phi) is 4.96. The predicted molar refractivity (Wildman–Crippen MR) is 73.1 cm³/mol. The van der Waals surface area contributed by atoms with E-state index >= 15 is 0 Å². The van der Waals surface area contributed by atoms with Crippen LogP contribution in [0.4, 0.5) is 0 Å². The molecule has 1 aliphatic rings. The van der Waals surface area contributed by atoms with Gasteiger partial charge < -0.3 is 15.8 Å². The van der Waals surface area contributed by atoms with E-state index in [0.29, 0.717) is 26.3 Å². The molecule has 1 amide bonds. The van der Waals surface area contributed by atoms with E-state index in [9.17, 15) is 4.79 Å². The van der Waals surface area contributed by atoms with Gasteiger partial charge in [0.05, 0.1) is 19.1 Å². The lowest BCUT2D eigenvalue weighted by molar-refractivity contribution is -0.125. The average molecular weight is 258 g/mol. The Labute approximate surface area is 113 Å². The van der Waals surface area contributed by atoms with Gasteiger partial charge in [-0.3, -0.25) is 4.79 Å². The molecular formula is C15H18N2O2. The molecule has 0 saturated carbocycles. The van der Waals surface area contributed by atoms with Gasteiger partial charge in [-0.2, -0.15) is 0 Å². The van der Waals surface area contributed by atoms with Crippen LogP contribution in [0.3, 0.4) is 0 Å². The topological polar surface area (TPSA) is 64.3 Å². The number of hydrogen-bond acceptors (Lipinski definition) is 3. The minimum atomic E-state index is 0.00898. The molecule has 1 aromatic carbocycles. The first-order valence-corrected chi connectivity index (χ1v) is 6.43. The Hall–Kier alpha value is -1.83. The van der Waals surface area contributed by atoms with Crippen molar-refractivity contribution in [2.45, 2.75) is 13.0 Å². The fraction of sp³-hybridized carbons (Fsp3) is 0.400. The van der Waals surface area contributed by atoms with Crippen molar-refractivity contribution in [1.29, 1.82) is 0 Å². The molecule has 1 aromatic rings. The van der Waals surface area contributed by atoms with Crippen molar-refractivity contribution in [3.05, 3.63) is 35.4 Å². The molecule has 100 valence electrons. The molecule has 0 radical (unpaired) electrons. The SMILES string of the molecule is NCC#Cc1ccc(CNC(=O)C2CCOC2)cc1. The van der Waals surface area contributed by atoms with Gasteiger partial charge in [-0.1, -0.05) is 24.0 Å². The number of rotatable bonds is 3. The predicted octanol–water partition coefficient (Wildman–Crippen LogP) is 0.649. The molecule has 4 nitrogen and oxygen atoms in total. The number of ether oxygens (including phenoxy) is 1. The van der Waals surface area contributed by atoms with E-state index in [1.165, 1.54) is 0 Å². The van der Waals surface area contributed by atoms with Gasteiger partial charge in [0.1, 0.15) is 0 Å². The average Bonchev–Trinajstić information content (AvgIpc) is 2.98. The summed E-state index contributed by atoms with van der Waals surface area (Å²) in [5.41, 5.74) is 7.31. The summed E-state index contributed by atoms with van der Waals surface area (Å²) in [5, 5.41) is 2.93. The van der Waals surface area contributed by atoms with Crippen LogP contribution in [0.15, 0.2) is 24.3 Å². The second-order valence-corrected chi connectivity index (χ2v) is 4.48. The first kappa shape index (κ1) is 13.6. The van der Waals surface area contributed by atoms with Gasteiger partial charge in [-0.05, 0) is 24.1 Å². The van der Waals surface area contributed by atoms with Crippen LogP contribution in [0.25, 0.3) is 0 Å². The highest BCUT2D eigenvalue weighted by molar-refractivity contribution is 5.78. The quantitative estimate of drug-likeness (QED) is 0.782. The molecule has 1 saturated heterocycles. The van der Waals surface area contributed by atoms with E-state index < -0.39 is 0 Å². The van der Waals surface area contributed by atoms with Gasteiger partial charge >= 0.3 is 0 Å². The monoisotopic (exact) mass is 258 g/mol. The third kappa shape index (κ3) is 4.09. The molecule has 1 fully saturated rings. The van der Waals surface area contributed by atoms with Crippen molar-refractivity contribution < 1.29 is 9.53 Å². The molecule has 0 bridgehead atoms. The second kappa shape index (κ2) is 6.93. The highest BCUT2D eigenvalue weighted by Gasteiger charge is 2.22. The maximum absolute atomic E-state index is 11.8. The molecule has 19 heavy (non-hydrogen) atoms. The first-order valence-electron chi connectivity index (χ1n) is 6.43. The molecule has 3 N–H and O–H groups in total. The number of nitrogens with one attached hydrogen (secondary N) is 1. The summed E-state index contributed by atoms with van der Waals surface area (Å²) in [4.78, 5) is 11.8. The van der Waals surface area contributed by atoms with Gasteiger partial charge in [-0.25, -0.2) is 0 Å². The van der Waals surface area contributed by atoms with E-state index in [-0.39, 0.29) is 11.8 Å². The van der Waals surface area contributed by atoms with Gasteiger partial charge in [0.2, 0.25) is 5.91 Å². The highest BCUT2D eigenvalue weighted by atomic mass is 16.5. The van der Waals surface area contributed by atoms with Crippen molar-refractivity contribution in [1.82, 2.24) is 5.32 Å². The lowest BCUT2D eigenvalue weighted by atomic mass is 10.1. The summed E-state index contributed by atoms with van der Waals surface area (Å²) in [6.07, 6.45) is 0.819. The zero-order valence-electron chi connectivity index (χ0n) is 10.8. The van der Waals surface area contributed by atoms with Crippen molar-refractivity contribution in [2.24, 2.45) is 11.7 Å². The van der Waals surface area contributed by atoms with Crippen LogP contribution in [0.1, 0.15) is 17.5 Å². The fourth-order valence-electron chi connectivity index (χ4n) is 1.93. The third-order valence-corrected chi connectivity index (χ3v) is 3.06. The summed E-state index contributed by atoms with van der Waals surface area (Å²) in [6, 6.07) is 7.80. The largest absolute Gasteiger partial charge is 0.381 e. The molecule has 1 heterocycles. The number of carbonyl (C=O) groups excluding carboxylic acids is 1. The van der Waals surface area contributed by atoms with E-state index in [1.807, 2.05) is 24.3 Å². The molecule has 0 aliphatic carbocycles. The fourth-order valence-corrected chi connectivity index (χ4v) is 1.93. The van der Waals surface area contributed by atoms with E-state index in [2.05, 4.69) is 17.2 Å². The van der Waals surface area contributed by atoms with Gasteiger partial charge in [-0.15, -0.1) is 0 Å². The highest BCUT2D eigenvalue weighted by Crippen LogP contribution is 2.12. The number of benzene rings is 1. The van der Waals surface area contributed by atoms with Crippen LogP contribution in [0.5, 0.6) is 0 Å². The van der Waals surface area contributed by atoms with Crippen LogP contribution < -0.4 is 11.1 Å². The third-order valence-electron chi connectivity index (χ3n) is 3.06. The minimum absolute atomic E-state index is 0.00898. The Morgan fingerprint density at radius 1 is 1.42 bits per heavy atom. The molecule has 0 aromatic heterocycles. The molecule has 1 unspecified atom stereocenters. The van der Waals surface area contributed by atoms with Crippen molar-refractivity contribution in [3.63, 3.8) is 0 Å². The van der Waals surface area contributed by atoms with E-state index in [1.54, 1.807) is 0 Å². The lowest BCUT2D eigenvalue weighted by Crippen LogP contribution is -2.30. The van der Waals surface area contributed by atoms with Gasteiger partial charge in [0.25, 0.3) is 0 Å². The van der Waals surface area contributed by atoms with Crippen LogP contribution in [0, 0.1) is 17.8 Å². The van der Waals surface area contributed by atoms with Crippen molar-refractivity contribution >= 4 is 5.91 Å². The number of nitrogens with two attached hydrogens (primary N) is 1. The van der Waals surface area contributed by atoms with Crippen LogP contribution >= 0.6 is 0 Å².